The maximum atomic E-state index is 13.7. The van der Waals surface area contributed by atoms with E-state index in [0.717, 1.165) is 12.8 Å². The van der Waals surface area contributed by atoms with Crippen molar-refractivity contribution in [3.63, 3.8) is 0 Å². The van der Waals surface area contributed by atoms with E-state index in [-0.39, 0.29) is 24.2 Å². The molecule has 1 aromatic carbocycles. The van der Waals surface area contributed by atoms with Crippen molar-refractivity contribution in [3.8, 4) is 5.75 Å². The van der Waals surface area contributed by atoms with Gasteiger partial charge in [-0.05, 0) is 62.9 Å². The van der Waals surface area contributed by atoms with Gasteiger partial charge in [-0.1, -0.05) is 11.6 Å². The van der Waals surface area contributed by atoms with E-state index in [1.807, 2.05) is 0 Å². The molecule has 0 aliphatic heterocycles. The van der Waals surface area contributed by atoms with Crippen molar-refractivity contribution < 1.29 is 34.2 Å². The fraction of sp³-hybridized carbons (Fsp3) is 0.560. The zero-order valence-corrected chi connectivity index (χ0v) is 20.7. The number of hydrogen-bond donors (Lipinski definition) is 4. The number of Topliss-reactive ketones (excluding diaryl/α,β-unsaturated/α-hetero) is 4. The van der Waals surface area contributed by atoms with E-state index in [2.05, 4.69) is 5.32 Å². The van der Waals surface area contributed by atoms with Gasteiger partial charge in [-0.2, -0.15) is 0 Å². The summed E-state index contributed by atoms with van der Waals surface area (Å²) in [5.74, 6) is -10.7. The molecule has 36 heavy (non-hydrogen) atoms. The first kappa shape index (κ1) is 25.0. The van der Waals surface area contributed by atoms with Gasteiger partial charge in [0.25, 0.3) is 0 Å². The van der Waals surface area contributed by atoms with Gasteiger partial charge in [0.1, 0.15) is 5.75 Å². The first-order valence-corrected chi connectivity index (χ1v) is 12.4. The quantitative estimate of drug-likeness (QED) is 0.386. The van der Waals surface area contributed by atoms with Crippen molar-refractivity contribution in [1.82, 2.24) is 10.2 Å². The van der Waals surface area contributed by atoms with Gasteiger partial charge in [0, 0.05) is 23.5 Å². The highest BCUT2D eigenvalue weighted by Gasteiger charge is 2.69. The number of phenols is 1. The number of hydrogen-bond acceptors (Lipinski definition) is 9. The van der Waals surface area contributed by atoms with Gasteiger partial charge in [0.15, 0.2) is 34.7 Å². The monoisotopic (exact) mass is 517 g/mol. The maximum Gasteiger partial charge on any atom is 0.235 e. The number of ketones is 4. The van der Waals surface area contributed by atoms with Crippen LogP contribution in [0, 0.1) is 23.7 Å². The normalized spacial score (nSPS) is 33.9. The molecule has 11 heteroatoms. The zero-order valence-electron chi connectivity index (χ0n) is 19.9. The minimum absolute atomic E-state index is 0.00840. The molecule has 4 aliphatic carbocycles. The fourth-order valence-corrected chi connectivity index (χ4v) is 6.67. The van der Waals surface area contributed by atoms with E-state index in [1.54, 1.807) is 14.1 Å². The highest BCUT2D eigenvalue weighted by molar-refractivity contribution is 6.34. The molecule has 3 saturated carbocycles. The number of fused-ring (bicyclic) bond motifs is 3. The number of carbonyl (C=O) groups is 5. The second-order valence-electron chi connectivity index (χ2n) is 10.7. The number of carbonyl (C=O) groups excluding carboxylic acids is 5. The van der Waals surface area contributed by atoms with Gasteiger partial charge in [-0.3, -0.25) is 28.9 Å². The largest absolute Gasteiger partial charge is 0.507 e. The molecule has 6 atom stereocenters. The molecule has 0 bridgehead atoms. The van der Waals surface area contributed by atoms with Crippen molar-refractivity contribution in [2.24, 2.45) is 29.4 Å². The van der Waals surface area contributed by atoms with E-state index >= 15 is 0 Å². The summed E-state index contributed by atoms with van der Waals surface area (Å²) in [7, 11) is 3.09. The van der Waals surface area contributed by atoms with Crippen LogP contribution in [-0.2, 0) is 32.1 Å². The smallest absolute Gasteiger partial charge is 0.235 e. The molecule has 0 saturated heterocycles. The molecular formula is C25H28ClN3O7. The predicted molar refractivity (Wildman–Crippen MR) is 126 cm³/mol. The Morgan fingerprint density at radius 2 is 1.89 bits per heavy atom. The minimum atomic E-state index is -2.73. The van der Waals surface area contributed by atoms with Crippen LogP contribution in [-0.4, -0.2) is 75.9 Å². The van der Waals surface area contributed by atoms with Gasteiger partial charge < -0.3 is 21.3 Å². The average molecular weight is 518 g/mol. The lowest BCUT2D eigenvalue weighted by atomic mass is 9.52. The number of aromatic hydroxyl groups is 1. The fourth-order valence-electron chi connectivity index (χ4n) is 6.38. The third kappa shape index (κ3) is 3.46. The molecule has 2 unspecified atom stereocenters. The van der Waals surface area contributed by atoms with E-state index in [1.165, 1.54) is 11.0 Å². The third-order valence-corrected chi connectivity index (χ3v) is 8.70. The summed E-state index contributed by atoms with van der Waals surface area (Å²) in [5, 5.41) is 25.9. The first-order valence-electron chi connectivity index (χ1n) is 12.0. The summed E-state index contributed by atoms with van der Waals surface area (Å²) in [5.41, 5.74) is 3.53. The number of nitrogens with one attached hydrogen (secondary N) is 1. The number of primary amides is 1. The molecule has 1 aromatic rings. The number of phenolic OH excluding ortho intramolecular Hbond substituents is 1. The minimum Gasteiger partial charge on any atom is -0.507 e. The highest BCUT2D eigenvalue weighted by atomic mass is 35.5. The molecule has 0 radical (unpaired) electrons. The first-order chi connectivity index (χ1) is 16.9. The van der Waals surface area contributed by atoms with Crippen LogP contribution in [0.1, 0.15) is 40.7 Å². The Kier molecular flexibility index (Phi) is 5.86. The van der Waals surface area contributed by atoms with Gasteiger partial charge in [0.2, 0.25) is 5.91 Å². The maximum absolute atomic E-state index is 13.7. The van der Waals surface area contributed by atoms with Crippen LogP contribution in [0.15, 0.2) is 6.07 Å². The lowest BCUT2D eigenvalue weighted by Gasteiger charge is -2.52. The average Bonchev–Trinajstić information content (AvgIpc) is 3.61. The van der Waals surface area contributed by atoms with Crippen molar-refractivity contribution in [2.75, 3.05) is 14.1 Å². The van der Waals surface area contributed by atoms with E-state index in [9.17, 15) is 34.2 Å². The van der Waals surface area contributed by atoms with Gasteiger partial charge >= 0.3 is 0 Å². The third-order valence-electron chi connectivity index (χ3n) is 8.23. The number of rotatable bonds is 5. The molecule has 1 amide bonds. The predicted octanol–water partition coefficient (Wildman–Crippen LogP) is -0.228. The van der Waals surface area contributed by atoms with Crippen LogP contribution in [0.3, 0.4) is 0 Å². The molecular weight excluding hydrogens is 490 g/mol. The number of halogens is 1. The molecule has 5 N–H and O–H groups in total. The number of benzene rings is 1. The van der Waals surface area contributed by atoms with Gasteiger partial charge in [-0.25, -0.2) is 0 Å². The number of likely N-dealkylation sites (N-methyl/N-ethyl adjacent to an activating group) is 1. The van der Waals surface area contributed by atoms with E-state index < -0.39 is 64.4 Å². The summed E-state index contributed by atoms with van der Waals surface area (Å²) in [6.07, 6.45) is 2.26. The molecule has 5 rings (SSSR count). The summed E-state index contributed by atoms with van der Waals surface area (Å²) in [4.78, 5) is 67.1. The SMILES string of the molecule is CN(C)[C@@H]1C(=O)C(C(N)=O)C(=O)[C@@]2(O)C(=O)C3C(=O)c4c(O)cc(CNC5CC5)c(Cl)c4C[C@H]3C[C@@H]12. The molecule has 3 fully saturated rings. The van der Waals surface area contributed by atoms with Crippen molar-refractivity contribution in [3.05, 3.63) is 27.8 Å². The molecule has 10 nitrogen and oxygen atoms in total. The van der Waals surface area contributed by atoms with E-state index in [4.69, 9.17) is 17.3 Å². The lowest BCUT2D eigenvalue weighted by molar-refractivity contribution is -0.181. The van der Waals surface area contributed by atoms with Crippen LogP contribution in [0.4, 0.5) is 0 Å². The standard InChI is InChI=1S/C25H28ClN3O7/c1-29(2)19-13-6-9-5-12-16(14(30)7-10(18(12)26)8-28-11-3-4-11)20(31)15(9)22(33)25(13,36)23(34)17(21(19)32)24(27)35/h7,9,11,13,15,17,19,28,30,36H,3-6,8H2,1-2H3,(H2,27,35)/t9-,13-,15?,17?,19-,25-/m0/s1. The summed E-state index contributed by atoms with van der Waals surface area (Å²) in [6.45, 7) is 0.411. The van der Waals surface area contributed by atoms with Gasteiger partial charge in [-0.15, -0.1) is 0 Å². The molecule has 192 valence electrons. The van der Waals surface area contributed by atoms with Crippen LogP contribution in [0.5, 0.6) is 5.75 Å². The van der Waals surface area contributed by atoms with Crippen molar-refractivity contribution >= 4 is 40.6 Å². The van der Waals surface area contributed by atoms with Gasteiger partial charge in [0.05, 0.1) is 17.5 Å². The molecule has 0 spiro atoms. The number of nitrogens with zero attached hydrogens (tertiary/aromatic N) is 1. The Balaban J connectivity index is 1.58. The summed E-state index contributed by atoms with van der Waals surface area (Å²) >= 11 is 6.67. The Morgan fingerprint density at radius 1 is 1.22 bits per heavy atom. The number of aliphatic hydroxyl groups is 1. The van der Waals surface area contributed by atoms with Crippen molar-refractivity contribution in [2.45, 2.75) is 49.9 Å². The molecule has 0 heterocycles. The Labute approximate surface area is 212 Å². The highest BCUT2D eigenvalue weighted by Crippen LogP contribution is 2.51. The Bertz CT molecular complexity index is 1230. The molecule has 4 aliphatic rings. The molecule has 0 aromatic heterocycles. The van der Waals surface area contributed by atoms with Crippen LogP contribution >= 0.6 is 11.6 Å². The van der Waals surface area contributed by atoms with Crippen LogP contribution in [0.25, 0.3) is 0 Å². The number of amides is 1. The topological polar surface area (TPSA) is 167 Å². The summed E-state index contributed by atoms with van der Waals surface area (Å²) in [6, 6.07) is 0.659. The van der Waals surface area contributed by atoms with Crippen molar-refractivity contribution in [1.29, 1.82) is 0 Å². The van der Waals surface area contributed by atoms with E-state index in [0.29, 0.717) is 28.7 Å². The lowest BCUT2D eigenvalue weighted by Crippen LogP contribution is -2.74. The number of nitrogens with two attached hydrogens (primary N) is 1. The Hall–Kier alpha value is -2.66. The second-order valence-corrected chi connectivity index (χ2v) is 11.0. The summed E-state index contributed by atoms with van der Waals surface area (Å²) < 4.78 is 0. The zero-order chi connectivity index (χ0) is 26.3. The Morgan fingerprint density at radius 3 is 2.47 bits per heavy atom. The van der Waals surface area contributed by atoms with Crippen LogP contribution < -0.4 is 11.1 Å². The second kappa shape index (κ2) is 8.44. The van der Waals surface area contributed by atoms with Crippen LogP contribution in [0.2, 0.25) is 5.02 Å².